The van der Waals surface area contributed by atoms with Crippen molar-refractivity contribution in [1.29, 1.82) is 0 Å². The molecule has 0 bridgehead atoms. The Morgan fingerprint density at radius 2 is 1.86 bits per heavy atom. The first-order chi connectivity index (χ1) is 10.7. The van der Waals surface area contributed by atoms with Crippen molar-refractivity contribution in [3.8, 4) is 0 Å². The van der Waals surface area contributed by atoms with E-state index in [4.69, 9.17) is 4.74 Å². The Morgan fingerprint density at radius 1 is 1.09 bits per heavy atom. The van der Waals surface area contributed by atoms with Gasteiger partial charge in [0, 0.05) is 24.4 Å². The molecule has 3 aromatic rings. The second kappa shape index (κ2) is 6.16. The fourth-order valence-corrected chi connectivity index (χ4v) is 2.77. The maximum absolute atomic E-state index is 5.36. The molecular formula is C19H20N2O. The van der Waals surface area contributed by atoms with Gasteiger partial charge in [-0.25, -0.2) is 0 Å². The molecule has 0 fully saturated rings. The fraction of sp³-hybridized carbons (Fsp3) is 0.211. The molecule has 0 saturated heterocycles. The van der Waals surface area contributed by atoms with E-state index < -0.39 is 0 Å². The highest BCUT2D eigenvalue weighted by atomic mass is 16.5. The molecule has 22 heavy (non-hydrogen) atoms. The molecule has 2 heterocycles. The summed E-state index contributed by atoms with van der Waals surface area (Å²) in [5.41, 5.74) is 5.77. The molecule has 0 aliphatic heterocycles. The number of hydrogen-bond acceptors (Lipinski definition) is 2. The number of hydrogen-bond donors (Lipinski definition) is 0. The summed E-state index contributed by atoms with van der Waals surface area (Å²) in [4.78, 5) is 4.56. The van der Waals surface area contributed by atoms with Gasteiger partial charge < -0.3 is 9.30 Å². The second-order valence-corrected chi connectivity index (χ2v) is 5.39. The lowest BCUT2D eigenvalue weighted by Gasteiger charge is -2.08. The van der Waals surface area contributed by atoms with Gasteiger partial charge in [0.25, 0.3) is 0 Å². The monoisotopic (exact) mass is 292 g/mol. The standard InChI is InChI=1S/C19H20N2O/c1-14-15(2)21(13-22-3)19-17(14)11-12-20-18(19)10-9-16-7-5-4-6-8-16/h4-12H,13H2,1-3H3/b10-9+. The van der Waals surface area contributed by atoms with Gasteiger partial charge in [-0.1, -0.05) is 36.4 Å². The topological polar surface area (TPSA) is 27.1 Å². The van der Waals surface area contributed by atoms with Crippen molar-refractivity contribution < 1.29 is 4.74 Å². The number of nitrogens with zero attached hydrogens (tertiary/aromatic N) is 2. The normalized spacial score (nSPS) is 11.6. The molecule has 0 aliphatic rings. The van der Waals surface area contributed by atoms with Gasteiger partial charge in [0.2, 0.25) is 0 Å². The van der Waals surface area contributed by atoms with E-state index in [-0.39, 0.29) is 0 Å². The smallest absolute Gasteiger partial charge is 0.122 e. The van der Waals surface area contributed by atoms with Crippen LogP contribution in [0.4, 0.5) is 0 Å². The summed E-state index contributed by atoms with van der Waals surface area (Å²) in [5.74, 6) is 0. The van der Waals surface area contributed by atoms with Gasteiger partial charge in [0.05, 0.1) is 11.2 Å². The van der Waals surface area contributed by atoms with E-state index in [9.17, 15) is 0 Å². The molecule has 3 heteroatoms. The molecule has 0 saturated carbocycles. The summed E-state index contributed by atoms with van der Waals surface area (Å²) >= 11 is 0. The SMILES string of the molecule is COCn1c(C)c(C)c2ccnc(/C=C/c3ccccc3)c21. The van der Waals surface area contributed by atoms with Crippen LogP contribution < -0.4 is 0 Å². The molecule has 3 nitrogen and oxygen atoms in total. The van der Waals surface area contributed by atoms with Crippen LogP contribution in [0.25, 0.3) is 23.1 Å². The first-order valence-corrected chi connectivity index (χ1v) is 7.39. The Hall–Kier alpha value is -2.39. The van der Waals surface area contributed by atoms with Gasteiger partial charge in [-0.15, -0.1) is 0 Å². The van der Waals surface area contributed by atoms with Crippen molar-refractivity contribution in [2.24, 2.45) is 0 Å². The Kier molecular flexibility index (Phi) is 4.07. The maximum atomic E-state index is 5.36. The fourth-order valence-electron chi connectivity index (χ4n) is 2.77. The summed E-state index contributed by atoms with van der Waals surface area (Å²) in [6.45, 7) is 4.81. The van der Waals surface area contributed by atoms with Gasteiger partial charge >= 0.3 is 0 Å². The lowest BCUT2D eigenvalue weighted by molar-refractivity contribution is 0.133. The molecule has 3 rings (SSSR count). The Balaban J connectivity index is 2.14. The van der Waals surface area contributed by atoms with Crippen LogP contribution in [0.3, 0.4) is 0 Å². The summed E-state index contributed by atoms with van der Waals surface area (Å²) in [6, 6.07) is 12.3. The molecule has 0 N–H and O–H groups in total. The van der Waals surface area contributed by atoms with Gasteiger partial charge in [0.1, 0.15) is 6.73 Å². The van der Waals surface area contributed by atoms with E-state index in [1.165, 1.54) is 22.2 Å². The Bertz CT molecular complexity index is 816. The lowest BCUT2D eigenvalue weighted by atomic mass is 10.1. The first-order valence-electron chi connectivity index (χ1n) is 7.39. The number of rotatable bonds is 4. The van der Waals surface area contributed by atoms with E-state index in [0.29, 0.717) is 6.73 Å². The molecule has 0 atom stereocenters. The van der Waals surface area contributed by atoms with Crippen molar-refractivity contribution >= 4 is 23.1 Å². The summed E-state index contributed by atoms with van der Waals surface area (Å²) in [6.07, 6.45) is 6.04. The zero-order valence-electron chi connectivity index (χ0n) is 13.2. The zero-order chi connectivity index (χ0) is 15.5. The highest BCUT2D eigenvalue weighted by Gasteiger charge is 2.13. The van der Waals surface area contributed by atoms with Crippen molar-refractivity contribution in [2.45, 2.75) is 20.6 Å². The van der Waals surface area contributed by atoms with Crippen LogP contribution in [-0.4, -0.2) is 16.7 Å². The molecule has 112 valence electrons. The predicted molar refractivity (Wildman–Crippen MR) is 91.6 cm³/mol. The van der Waals surface area contributed by atoms with Crippen molar-refractivity contribution in [3.05, 3.63) is 65.1 Å². The largest absolute Gasteiger partial charge is 0.364 e. The summed E-state index contributed by atoms with van der Waals surface area (Å²) < 4.78 is 7.54. The minimum atomic E-state index is 0.536. The molecule has 0 aliphatic carbocycles. The van der Waals surface area contributed by atoms with Crippen molar-refractivity contribution in [1.82, 2.24) is 9.55 Å². The number of aromatic nitrogens is 2. The first kappa shape index (κ1) is 14.5. The third-order valence-electron chi connectivity index (χ3n) is 4.07. The third kappa shape index (κ3) is 2.55. The van der Waals surface area contributed by atoms with E-state index in [1.54, 1.807) is 7.11 Å². The lowest BCUT2D eigenvalue weighted by Crippen LogP contribution is -2.03. The van der Waals surface area contributed by atoms with E-state index in [2.05, 4.69) is 53.7 Å². The highest BCUT2D eigenvalue weighted by molar-refractivity contribution is 5.92. The van der Waals surface area contributed by atoms with E-state index in [1.807, 2.05) is 24.4 Å². The van der Waals surface area contributed by atoms with E-state index >= 15 is 0 Å². The molecular weight excluding hydrogens is 272 g/mol. The van der Waals surface area contributed by atoms with Gasteiger partial charge in [-0.05, 0) is 37.1 Å². The van der Waals surface area contributed by atoms with Crippen LogP contribution in [0.15, 0.2) is 42.6 Å². The van der Waals surface area contributed by atoms with Crippen LogP contribution >= 0.6 is 0 Å². The summed E-state index contributed by atoms with van der Waals surface area (Å²) in [5, 5.41) is 1.23. The quantitative estimate of drug-likeness (QED) is 0.711. The average molecular weight is 292 g/mol. The third-order valence-corrected chi connectivity index (χ3v) is 4.07. The summed E-state index contributed by atoms with van der Waals surface area (Å²) in [7, 11) is 1.72. The van der Waals surface area contributed by atoms with Gasteiger partial charge in [-0.3, -0.25) is 4.98 Å². The molecule has 0 spiro atoms. The number of benzene rings is 1. The zero-order valence-corrected chi connectivity index (χ0v) is 13.2. The maximum Gasteiger partial charge on any atom is 0.122 e. The van der Waals surface area contributed by atoms with Crippen molar-refractivity contribution in [3.63, 3.8) is 0 Å². The van der Waals surface area contributed by atoms with Gasteiger partial charge in [-0.2, -0.15) is 0 Å². The van der Waals surface area contributed by atoms with E-state index in [0.717, 1.165) is 11.2 Å². The van der Waals surface area contributed by atoms with Crippen LogP contribution in [0.2, 0.25) is 0 Å². The van der Waals surface area contributed by atoms with Crippen LogP contribution in [0.5, 0.6) is 0 Å². The molecule has 2 aromatic heterocycles. The molecule has 1 aromatic carbocycles. The second-order valence-electron chi connectivity index (χ2n) is 5.39. The van der Waals surface area contributed by atoms with Crippen molar-refractivity contribution in [2.75, 3.05) is 7.11 Å². The Morgan fingerprint density at radius 3 is 2.59 bits per heavy atom. The molecule has 0 radical (unpaired) electrons. The Labute approximate surface area is 130 Å². The number of fused-ring (bicyclic) bond motifs is 1. The van der Waals surface area contributed by atoms with Crippen LogP contribution in [0.1, 0.15) is 22.5 Å². The number of pyridine rings is 1. The molecule has 0 amide bonds. The number of aryl methyl sites for hydroxylation is 1. The number of ether oxygens (including phenoxy) is 1. The minimum Gasteiger partial charge on any atom is -0.364 e. The molecule has 0 unspecified atom stereocenters. The average Bonchev–Trinajstić information content (AvgIpc) is 2.80. The predicted octanol–water partition coefficient (Wildman–Crippen LogP) is 4.43. The number of methoxy groups -OCH3 is 1. The van der Waals surface area contributed by atoms with Gasteiger partial charge in [0.15, 0.2) is 0 Å². The highest BCUT2D eigenvalue weighted by Crippen LogP contribution is 2.27. The van der Waals surface area contributed by atoms with Crippen LogP contribution in [0, 0.1) is 13.8 Å². The van der Waals surface area contributed by atoms with Crippen LogP contribution in [-0.2, 0) is 11.5 Å². The minimum absolute atomic E-state index is 0.536.